The maximum absolute atomic E-state index is 5.71. The summed E-state index contributed by atoms with van der Waals surface area (Å²) in [7, 11) is 2.15. The lowest BCUT2D eigenvalue weighted by molar-refractivity contribution is 0.00885. The summed E-state index contributed by atoms with van der Waals surface area (Å²) in [4.78, 5) is 2.33. The van der Waals surface area contributed by atoms with Crippen LogP contribution in [0, 0.1) is 6.92 Å². The Hall–Kier alpha value is -0.900. The van der Waals surface area contributed by atoms with Crippen LogP contribution in [-0.4, -0.2) is 44.3 Å². The van der Waals surface area contributed by atoms with Crippen molar-refractivity contribution in [1.29, 1.82) is 0 Å². The summed E-state index contributed by atoms with van der Waals surface area (Å²) in [5.41, 5.74) is 2.70. The second kappa shape index (κ2) is 6.15. The van der Waals surface area contributed by atoms with Crippen LogP contribution in [0.2, 0.25) is 0 Å². The molecule has 1 aliphatic heterocycles. The van der Waals surface area contributed by atoms with Gasteiger partial charge < -0.3 is 10.1 Å². The number of nitrogens with zero attached hydrogens (tertiary/aromatic N) is 1. The maximum Gasteiger partial charge on any atom is 0.0826 e. The molecule has 0 aliphatic carbocycles. The van der Waals surface area contributed by atoms with Gasteiger partial charge in [0.15, 0.2) is 0 Å². The molecule has 3 heteroatoms. The predicted octanol–water partition coefficient (Wildman–Crippen LogP) is 1.42. The molecule has 3 nitrogen and oxygen atoms in total. The molecule has 0 saturated carbocycles. The molecule has 1 unspecified atom stereocenters. The van der Waals surface area contributed by atoms with Crippen molar-refractivity contribution in [3.05, 3.63) is 35.4 Å². The number of nitrogens with one attached hydrogen (secondary N) is 1. The van der Waals surface area contributed by atoms with Crippen LogP contribution in [0.3, 0.4) is 0 Å². The largest absolute Gasteiger partial charge is 0.374 e. The molecule has 1 heterocycles. The van der Waals surface area contributed by atoms with E-state index in [1.54, 1.807) is 0 Å². The van der Waals surface area contributed by atoms with E-state index in [-0.39, 0.29) is 0 Å². The standard InChI is InChI=1S/C14H22N2O/c1-12-4-3-5-13(8-12)10-16(2)11-14-9-15-6-7-17-14/h3-5,8,14-15H,6-7,9-11H2,1-2H3. The number of ether oxygens (including phenoxy) is 1. The van der Waals surface area contributed by atoms with Crippen molar-refractivity contribution in [3.63, 3.8) is 0 Å². The summed E-state index contributed by atoms with van der Waals surface area (Å²) in [6.07, 6.45) is 0.332. The van der Waals surface area contributed by atoms with Gasteiger partial charge in [-0.15, -0.1) is 0 Å². The van der Waals surface area contributed by atoms with Gasteiger partial charge >= 0.3 is 0 Å². The second-order valence-electron chi connectivity index (χ2n) is 4.88. The molecular formula is C14H22N2O. The van der Waals surface area contributed by atoms with E-state index in [4.69, 9.17) is 4.74 Å². The fraction of sp³-hybridized carbons (Fsp3) is 0.571. The monoisotopic (exact) mass is 234 g/mol. The number of aryl methyl sites for hydroxylation is 1. The molecule has 2 rings (SSSR count). The Morgan fingerprint density at radius 3 is 3.06 bits per heavy atom. The van der Waals surface area contributed by atoms with Crippen LogP contribution in [0.1, 0.15) is 11.1 Å². The highest BCUT2D eigenvalue weighted by molar-refractivity contribution is 5.21. The van der Waals surface area contributed by atoms with E-state index >= 15 is 0 Å². The molecule has 0 spiro atoms. The van der Waals surface area contributed by atoms with Crippen LogP contribution in [0.5, 0.6) is 0 Å². The van der Waals surface area contributed by atoms with Crippen molar-refractivity contribution in [2.24, 2.45) is 0 Å². The van der Waals surface area contributed by atoms with Gasteiger partial charge in [0.1, 0.15) is 0 Å². The molecule has 0 amide bonds. The second-order valence-corrected chi connectivity index (χ2v) is 4.88. The molecule has 1 aromatic carbocycles. The molecule has 0 aromatic heterocycles. The smallest absolute Gasteiger partial charge is 0.0826 e. The zero-order valence-corrected chi connectivity index (χ0v) is 10.8. The Bertz CT molecular complexity index is 348. The molecule has 1 fully saturated rings. The fourth-order valence-corrected chi connectivity index (χ4v) is 2.27. The van der Waals surface area contributed by atoms with Gasteiger partial charge in [-0.3, -0.25) is 4.90 Å². The molecule has 1 atom stereocenters. The van der Waals surface area contributed by atoms with Gasteiger partial charge in [0.05, 0.1) is 12.7 Å². The van der Waals surface area contributed by atoms with Crippen molar-refractivity contribution >= 4 is 0 Å². The zero-order chi connectivity index (χ0) is 12.1. The minimum Gasteiger partial charge on any atom is -0.374 e. The lowest BCUT2D eigenvalue weighted by Crippen LogP contribution is -2.44. The van der Waals surface area contributed by atoms with Gasteiger partial charge in [-0.2, -0.15) is 0 Å². The minimum absolute atomic E-state index is 0.332. The van der Waals surface area contributed by atoms with Crippen LogP contribution in [-0.2, 0) is 11.3 Å². The van der Waals surface area contributed by atoms with Gasteiger partial charge in [-0.1, -0.05) is 29.8 Å². The summed E-state index contributed by atoms with van der Waals surface area (Å²) >= 11 is 0. The molecule has 1 saturated heterocycles. The molecule has 1 aliphatic rings. The molecule has 0 bridgehead atoms. The van der Waals surface area contributed by atoms with Gasteiger partial charge in [0.25, 0.3) is 0 Å². The average Bonchev–Trinajstić information content (AvgIpc) is 2.30. The Morgan fingerprint density at radius 1 is 1.47 bits per heavy atom. The molecule has 94 valence electrons. The molecule has 17 heavy (non-hydrogen) atoms. The number of hydrogen-bond acceptors (Lipinski definition) is 3. The highest BCUT2D eigenvalue weighted by Gasteiger charge is 2.15. The minimum atomic E-state index is 0.332. The Morgan fingerprint density at radius 2 is 2.35 bits per heavy atom. The first-order valence-electron chi connectivity index (χ1n) is 6.30. The first kappa shape index (κ1) is 12.6. The van der Waals surface area contributed by atoms with Crippen LogP contribution in [0.15, 0.2) is 24.3 Å². The number of benzene rings is 1. The van der Waals surface area contributed by atoms with E-state index in [0.717, 1.165) is 32.8 Å². The fourth-order valence-electron chi connectivity index (χ4n) is 2.27. The van der Waals surface area contributed by atoms with Gasteiger partial charge in [-0.05, 0) is 19.5 Å². The first-order chi connectivity index (χ1) is 8.24. The van der Waals surface area contributed by atoms with E-state index < -0.39 is 0 Å². The molecular weight excluding hydrogens is 212 g/mol. The Balaban J connectivity index is 1.82. The quantitative estimate of drug-likeness (QED) is 0.852. The van der Waals surface area contributed by atoms with E-state index in [0.29, 0.717) is 6.10 Å². The molecule has 0 radical (unpaired) electrons. The zero-order valence-electron chi connectivity index (χ0n) is 10.8. The van der Waals surface area contributed by atoms with Crippen LogP contribution >= 0.6 is 0 Å². The summed E-state index contributed by atoms with van der Waals surface area (Å²) in [5, 5.41) is 3.36. The summed E-state index contributed by atoms with van der Waals surface area (Å²) in [6.45, 7) is 6.90. The van der Waals surface area contributed by atoms with Gasteiger partial charge in [0, 0.05) is 26.2 Å². The van der Waals surface area contributed by atoms with Crippen LogP contribution in [0.4, 0.5) is 0 Å². The summed E-state index contributed by atoms with van der Waals surface area (Å²) in [6, 6.07) is 8.69. The first-order valence-corrected chi connectivity index (χ1v) is 6.30. The van der Waals surface area contributed by atoms with Crippen LogP contribution in [0.25, 0.3) is 0 Å². The van der Waals surface area contributed by atoms with Crippen molar-refractivity contribution in [3.8, 4) is 0 Å². The van der Waals surface area contributed by atoms with Gasteiger partial charge in [-0.25, -0.2) is 0 Å². The third kappa shape index (κ3) is 4.11. The topological polar surface area (TPSA) is 24.5 Å². The van der Waals surface area contributed by atoms with E-state index in [2.05, 4.69) is 48.5 Å². The lowest BCUT2D eigenvalue weighted by Gasteiger charge is -2.28. The van der Waals surface area contributed by atoms with Gasteiger partial charge in [0.2, 0.25) is 0 Å². The molecule has 1 N–H and O–H groups in total. The van der Waals surface area contributed by atoms with Crippen molar-refractivity contribution in [2.45, 2.75) is 19.6 Å². The number of morpholine rings is 1. The van der Waals surface area contributed by atoms with E-state index in [9.17, 15) is 0 Å². The number of rotatable bonds is 4. The molecule has 1 aromatic rings. The highest BCUT2D eigenvalue weighted by atomic mass is 16.5. The van der Waals surface area contributed by atoms with Crippen molar-refractivity contribution < 1.29 is 4.74 Å². The summed E-state index contributed by atoms with van der Waals surface area (Å²) in [5.74, 6) is 0. The summed E-state index contributed by atoms with van der Waals surface area (Å²) < 4.78 is 5.71. The van der Waals surface area contributed by atoms with E-state index in [1.165, 1.54) is 11.1 Å². The third-order valence-corrected chi connectivity index (χ3v) is 3.05. The van der Waals surface area contributed by atoms with E-state index in [1.807, 2.05) is 0 Å². The maximum atomic E-state index is 5.71. The normalized spacial score (nSPS) is 20.8. The lowest BCUT2D eigenvalue weighted by atomic mass is 10.1. The average molecular weight is 234 g/mol. The number of hydrogen-bond donors (Lipinski definition) is 1. The predicted molar refractivity (Wildman–Crippen MR) is 70.1 cm³/mol. The highest BCUT2D eigenvalue weighted by Crippen LogP contribution is 2.08. The van der Waals surface area contributed by atoms with Crippen molar-refractivity contribution in [1.82, 2.24) is 10.2 Å². The van der Waals surface area contributed by atoms with Crippen LogP contribution < -0.4 is 5.32 Å². The SMILES string of the molecule is Cc1cccc(CN(C)CC2CNCCO2)c1. The number of likely N-dealkylation sites (N-methyl/N-ethyl adjacent to an activating group) is 1. The Kier molecular flexibility index (Phi) is 4.54. The third-order valence-electron chi connectivity index (χ3n) is 3.05. The Labute approximate surface area is 104 Å². The van der Waals surface area contributed by atoms with Crippen molar-refractivity contribution in [2.75, 3.05) is 33.3 Å².